The van der Waals surface area contributed by atoms with Gasteiger partial charge in [0.1, 0.15) is 11.4 Å². The molecule has 4 aromatic rings. The summed E-state index contributed by atoms with van der Waals surface area (Å²) in [4.78, 5) is 2.31. The molecule has 5 rings (SSSR count). The minimum absolute atomic E-state index is 0.0817. The molecule has 0 radical (unpaired) electrons. The van der Waals surface area contributed by atoms with Gasteiger partial charge in [-0.2, -0.15) is 0 Å². The lowest BCUT2D eigenvalue weighted by Gasteiger charge is -2.41. The van der Waals surface area contributed by atoms with Gasteiger partial charge in [0.05, 0.1) is 11.4 Å². The van der Waals surface area contributed by atoms with E-state index >= 15 is 0 Å². The van der Waals surface area contributed by atoms with Crippen molar-refractivity contribution in [1.29, 1.82) is 0 Å². The largest absolute Gasteiger partial charge is 0.359 e. The van der Waals surface area contributed by atoms with Crippen LogP contribution in [0.15, 0.2) is 83.4 Å². The fraction of sp³-hybridized carbons (Fsp3) is 0.160. The van der Waals surface area contributed by atoms with Gasteiger partial charge in [0, 0.05) is 11.0 Å². The van der Waals surface area contributed by atoms with Crippen LogP contribution >= 0.6 is 0 Å². The molecule has 0 bridgehead atoms. The zero-order valence-electron chi connectivity index (χ0n) is 16.3. The van der Waals surface area contributed by atoms with E-state index in [2.05, 4.69) is 84.6 Å². The lowest BCUT2D eigenvalue weighted by Crippen LogP contribution is -2.30. The molecule has 0 saturated heterocycles. The van der Waals surface area contributed by atoms with Crippen molar-refractivity contribution in [2.75, 3.05) is 4.90 Å². The molecular weight excluding hydrogens is 344 g/mol. The monoisotopic (exact) mass is 366 g/mol. The minimum atomic E-state index is -0.0817. The molecule has 0 spiro atoms. The number of para-hydroxylation sites is 2. The molecule has 0 amide bonds. The maximum atomic E-state index is 5.69. The molecule has 0 N–H and O–H groups in total. The fourth-order valence-electron chi connectivity index (χ4n) is 4.33. The smallest absolute Gasteiger partial charge is 0.158 e. The van der Waals surface area contributed by atoms with Crippen LogP contribution in [0, 0.1) is 6.92 Å². The van der Waals surface area contributed by atoms with Crippen LogP contribution in [0.3, 0.4) is 0 Å². The number of fused-ring (bicyclic) bond motifs is 2. The SMILES string of the molecule is Cc1onc(-c2ccccc2)c1N1c2ccccc2C(C)(C)c2ccccc21. The predicted octanol–water partition coefficient (Wildman–Crippen LogP) is 6.76. The second kappa shape index (κ2) is 6.10. The summed E-state index contributed by atoms with van der Waals surface area (Å²) in [5.41, 5.74) is 7.78. The van der Waals surface area contributed by atoms with Gasteiger partial charge in [0.15, 0.2) is 5.76 Å². The minimum Gasteiger partial charge on any atom is -0.359 e. The molecule has 1 aromatic heterocycles. The third-order valence-electron chi connectivity index (χ3n) is 5.74. The van der Waals surface area contributed by atoms with E-state index in [1.807, 2.05) is 25.1 Å². The van der Waals surface area contributed by atoms with Crippen LogP contribution in [0.2, 0.25) is 0 Å². The molecule has 1 aliphatic rings. The third-order valence-corrected chi connectivity index (χ3v) is 5.74. The van der Waals surface area contributed by atoms with E-state index in [-0.39, 0.29) is 5.41 Å². The predicted molar refractivity (Wildman–Crippen MR) is 113 cm³/mol. The number of aromatic nitrogens is 1. The van der Waals surface area contributed by atoms with Crippen molar-refractivity contribution in [1.82, 2.24) is 5.16 Å². The quantitative estimate of drug-likeness (QED) is 0.392. The Morgan fingerprint density at radius 2 is 1.29 bits per heavy atom. The summed E-state index contributed by atoms with van der Waals surface area (Å²) in [6.45, 7) is 6.57. The Morgan fingerprint density at radius 1 is 0.750 bits per heavy atom. The highest BCUT2D eigenvalue weighted by molar-refractivity contribution is 5.92. The molecule has 3 aromatic carbocycles. The van der Waals surface area contributed by atoms with Crippen LogP contribution in [0.4, 0.5) is 17.1 Å². The Hall–Kier alpha value is -3.33. The molecule has 2 heterocycles. The van der Waals surface area contributed by atoms with E-state index in [1.165, 1.54) is 22.5 Å². The molecule has 0 aliphatic carbocycles. The zero-order valence-corrected chi connectivity index (χ0v) is 16.3. The zero-order chi connectivity index (χ0) is 19.3. The topological polar surface area (TPSA) is 29.3 Å². The Bertz CT molecular complexity index is 1110. The van der Waals surface area contributed by atoms with E-state index in [9.17, 15) is 0 Å². The molecule has 0 unspecified atom stereocenters. The summed E-state index contributed by atoms with van der Waals surface area (Å²) in [5.74, 6) is 0.808. The fourth-order valence-corrected chi connectivity index (χ4v) is 4.33. The Morgan fingerprint density at radius 3 is 1.89 bits per heavy atom. The van der Waals surface area contributed by atoms with E-state index < -0.39 is 0 Å². The van der Waals surface area contributed by atoms with Gasteiger partial charge in [-0.05, 0) is 30.2 Å². The van der Waals surface area contributed by atoms with Crippen molar-refractivity contribution >= 4 is 17.1 Å². The number of hydrogen-bond acceptors (Lipinski definition) is 3. The van der Waals surface area contributed by atoms with Crippen molar-refractivity contribution in [3.8, 4) is 11.3 Å². The first-order valence-corrected chi connectivity index (χ1v) is 9.60. The third kappa shape index (κ3) is 2.32. The number of benzene rings is 3. The molecule has 0 fully saturated rings. The van der Waals surface area contributed by atoms with Crippen LogP contribution in [-0.4, -0.2) is 5.16 Å². The van der Waals surface area contributed by atoms with Gasteiger partial charge in [-0.15, -0.1) is 0 Å². The summed E-state index contributed by atoms with van der Waals surface area (Å²) < 4.78 is 5.69. The van der Waals surface area contributed by atoms with Gasteiger partial charge in [0.25, 0.3) is 0 Å². The first kappa shape index (κ1) is 16.8. The summed E-state index contributed by atoms with van der Waals surface area (Å²) in [6.07, 6.45) is 0. The molecule has 0 atom stereocenters. The molecule has 3 heteroatoms. The van der Waals surface area contributed by atoms with E-state index in [1.54, 1.807) is 0 Å². The maximum absolute atomic E-state index is 5.69. The number of anilines is 3. The normalized spacial score (nSPS) is 14.5. The van der Waals surface area contributed by atoms with Crippen LogP contribution in [-0.2, 0) is 5.41 Å². The van der Waals surface area contributed by atoms with Crippen LogP contribution in [0.1, 0.15) is 30.7 Å². The second-order valence-corrected chi connectivity index (χ2v) is 7.80. The maximum Gasteiger partial charge on any atom is 0.158 e. The summed E-state index contributed by atoms with van der Waals surface area (Å²) in [6, 6.07) is 27.5. The average molecular weight is 366 g/mol. The van der Waals surface area contributed by atoms with Gasteiger partial charge < -0.3 is 9.42 Å². The second-order valence-electron chi connectivity index (χ2n) is 7.80. The first-order valence-electron chi connectivity index (χ1n) is 9.60. The van der Waals surface area contributed by atoms with Gasteiger partial charge >= 0.3 is 0 Å². The van der Waals surface area contributed by atoms with Crippen molar-refractivity contribution < 1.29 is 4.52 Å². The summed E-state index contributed by atoms with van der Waals surface area (Å²) in [5, 5.41) is 4.43. The van der Waals surface area contributed by atoms with Crippen molar-refractivity contribution in [3.05, 3.63) is 95.7 Å². The van der Waals surface area contributed by atoms with Crippen LogP contribution < -0.4 is 4.90 Å². The molecular formula is C25H22N2O. The Kier molecular flexibility index (Phi) is 3.66. The summed E-state index contributed by atoms with van der Waals surface area (Å²) >= 11 is 0. The van der Waals surface area contributed by atoms with Gasteiger partial charge in [0.2, 0.25) is 0 Å². The average Bonchev–Trinajstić information content (AvgIpc) is 3.10. The molecule has 0 saturated carbocycles. The standard InChI is InChI=1S/C25H22N2O/c1-17-24(23(26-28-17)18-11-5-4-6-12-18)27-21-15-9-7-13-19(21)25(2,3)20-14-8-10-16-22(20)27/h4-16H,1-3H3. The first-order chi connectivity index (χ1) is 13.6. The van der Waals surface area contributed by atoms with Gasteiger partial charge in [-0.25, -0.2) is 0 Å². The lowest BCUT2D eigenvalue weighted by molar-refractivity contribution is 0.400. The Balaban J connectivity index is 1.83. The van der Waals surface area contributed by atoms with Gasteiger partial charge in [-0.3, -0.25) is 0 Å². The highest BCUT2D eigenvalue weighted by Gasteiger charge is 2.38. The number of hydrogen-bond donors (Lipinski definition) is 0. The highest BCUT2D eigenvalue weighted by Crippen LogP contribution is 2.53. The summed E-state index contributed by atoms with van der Waals surface area (Å²) in [7, 11) is 0. The lowest BCUT2D eigenvalue weighted by atomic mass is 9.73. The molecule has 3 nitrogen and oxygen atoms in total. The van der Waals surface area contributed by atoms with Crippen molar-refractivity contribution in [2.24, 2.45) is 0 Å². The van der Waals surface area contributed by atoms with Crippen molar-refractivity contribution in [3.63, 3.8) is 0 Å². The van der Waals surface area contributed by atoms with Gasteiger partial charge in [-0.1, -0.05) is 85.7 Å². The number of aryl methyl sites for hydroxylation is 1. The number of rotatable bonds is 2. The molecule has 1 aliphatic heterocycles. The Labute approximate surface area is 165 Å². The molecule has 28 heavy (non-hydrogen) atoms. The van der Waals surface area contributed by atoms with Crippen molar-refractivity contribution in [2.45, 2.75) is 26.2 Å². The van der Waals surface area contributed by atoms with E-state index in [0.717, 1.165) is 22.7 Å². The van der Waals surface area contributed by atoms with Crippen LogP contribution in [0.25, 0.3) is 11.3 Å². The van der Waals surface area contributed by atoms with E-state index in [4.69, 9.17) is 4.52 Å². The molecule has 138 valence electrons. The van der Waals surface area contributed by atoms with Crippen LogP contribution in [0.5, 0.6) is 0 Å². The number of nitrogens with zero attached hydrogens (tertiary/aromatic N) is 2. The van der Waals surface area contributed by atoms with E-state index in [0.29, 0.717) is 0 Å². The highest BCUT2D eigenvalue weighted by atomic mass is 16.5.